The van der Waals surface area contributed by atoms with Crippen LogP contribution < -0.4 is 0 Å². The highest BCUT2D eigenvalue weighted by Gasteiger charge is 2.12. The van der Waals surface area contributed by atoms with Crippen LogP contribution in [0, 0.1) is 6.92 Å². The molecule has 0 amide bonds. The molecule has 1 nitrogen and oxygen atoms in total. The van der Waals surface area contributed by atoms with Crippen LogP contribution in [0.5, 0.6) is 0 Å². The minimum Gasteiger partial charge on any atom is -0.298 e. The van der Waals surface area contributed by atoms with Gasteiger partial charge in [-0.2, -0.15) is 0 Å². The van der Waals surface area contributed by atoms with E-state index in [0.717, 1.165) is 17.4 Å². The smallest absolute Gasteiger partial charge is 0.150 e. The van der Waals surface area contributed by atoms with E-state index in [1.807, 2.05) is 12.1 Å². The van der Waals surface area contributed by atoms with Gasteiger partial charge in [0.1, 0.15) is 6.29 Å². The molecule has 0 N–H and O–H groups in total. The molecular weight excluding hydrogens is 220 g/mol. The maximum absolute atomic E-state index is 10.8. The van der Waals surface area contributed by atoms with Crippen molar-refractivity contribution in [2.45, 2.75) is 26.2 Å². The molecule has 0 saturated carbocycles. The van der Waals surface area contributed by atoms with E-state index in [-0.39, 0.29) is 0 Å². The Balaban J connectivity index is 2.07. The summed E-state index contributed by atoms with van der Waals surface area (Å²) in [6.07, 6.45) is 4.61. The molecule has 0 spiro atoms. The lowest BCUT2D eigenvalue weighted by Gasteiger charge is -2.09. The van der Waals surface area contributed by atoms with E-state index < -0.39 is 0 Å². The Kier molecular flexibility index (Phi) is 2.75. The first kappa shape index (κ1) is 11.2. The van der Waals surface area contributed by atoms with Gasteiger partial charge in [0.15, 0.2) is 0 Å². The third kappa shape index (κ3) is 1.86. The van der Waals surface area contributed by atoms with Crippen molar-refractivity contribution in [1.82, 2.24) is 0 Å². The molecule has 1 heteroatoms. The molecule has 3 rings (SSSR count). The first-order valence-electron chi connectivity index (χ1n) is 6.46. The van der Waals surface area contributed by atoms with Crippen LogP contribution in [0.15, 0.2) is 36.4 Å². The van der Waals surface area contributed by atoms with Crippen LogP contribution >= 0.6 is 0 Å². The van der Waals surface area contributed by atoms with Crippen molar-refractivity contribution in [2.75, 3.05) is 0 Å². The molecule has 1 aliphatic carbocycles. The lowest BCUT2D eigenvalue weighted by molar-refractivity contribution is 0.112. The van der Waals surface area contributed by atoms with Crippen LogP contribution in [-0.2, 0) is 12.8 Å². The zero-order valence-corrected chi connectivity index (χ0v) is 10.6. The number of aldehydes is 1. The summed E-state index contributed by atoms with van der Waals surface area (Å²) in [4.78, 5) is 10.8. The Bertz CT molecular complexity index is 611. The predicted molar refractivity (Wildman–Crippen MR) is 74.0 cm³/mol. The number of rotatable bonds is 2. The molecule has 0 unspecified atom stereocenters. The number of hydrogen-bond acceptors (Lipinski definition) is 1. The fourth-order valence-corrected chi connectivity index (χ4v) is 2.82. The van der Waals surface area contributed by atoms with Crippen LogP contribution in [0.4, 0.5) is 0 Å². The first-order valence-corrected chi connectivity index (χ1v) is 6.46. The van der Waals surface area contributed by atoms with Gasteiger partial charge < -0.3 is 0 Å². The van der Waals surface area contributed by atoms with Gasteiger partial charge in [0, 0.05) is 5.56 Å². The van der Waals surface area contributed by atoms with Gasteiger partial charge >= 0.3 is 0 Å². The highest BCUT2D eigenvalue weighted by molar-refractivity contribution is 5.78. The Morgan fingerprint density at radius 1 is 1.00 bits per heavy atom. The summed E-state index contributed by atoms with van der Waals surface area (Å²) in [5.41, 5.74) is 7.41. The first-order chi connectivity index (χ1) is 8.78. The van der Waals surface area contributed by atoms with E-state index in [9.17, 15) is 4.79 Å². The highest BCUT2D eigenvalue weighted by Crippen LogP contribution is 2.29. The molecule has 0 bridgehead atoms. The molecule has 0 saturated heterocycles. The minimum atomic E-state index is 0.748. The number of hydrogen-bond donors (Lipinski definition) is 0. The monoisotopic (exact) mass is 236 g/mol. The second-order valence-corrected chi connectivity index (χ2v) is 5.03. The number of aryl methyl sites for hydroxylation is 3. The molecule has 90 valence electrons. The van der Waals surface area contributed by atoms with E-state index in [2.05, 4.69) is 31.2 Å². The fraction of sp³-hybridized carbons (Fsp3) is 0.235. The molecule has 0 heterocycles. The number of benzene rings is 2. The average molecular weight is 236 g/mol. The van der Waals surface area contributed by atoms with E-state index >= 15 is 0 Å². The van der Waals surface area contributed by atoms with Gasteiger partial charge in [-0.1, -0.05) is 30.3 Å². The van der Waals surface area contributed by atoms with E-state index in [1.165, 1.54) is 41.5 Å². The van der Waals surface area contributed by atoms with Crippen molar-refractivity contribution >= 4 is 6.29 Å². The van der Waals surface area contributed by atoms with E-state index in [1.54, 1.807) is 0 Å². The van der Waals surface area contributed by atoms with Gasteiger partial charge in [0.2, 0.25) is 0 Å². The van der Waals surface area contributed by atoms with Gasteiger partial charge in [0.05, 0.1) is 0 Å². The summed E-state index contributed by atoms with van der Waals surface area (Å²) in [5, 5.41) is 0. The third-order valence-electron chi connectivity index (χ3n) is 3.80. The number of carbonyl (C=O) groups is 1. The van der Waals surface area contributed by atoms with Gasteiger partial charge in [-0.05, 0) is 60.1 Å². The predicted octanol–water partition coefficient (Wildman–Crippen LogP) is 3.96. The normalized spacial score (nSPS) is 13.4. The zero-order chi connectivity index (χ0) is 12.5. The second kappa shape index (κ2) is 4.41. The number of carbonyl (C=O) groups excluding carboxylic acids is 1. The van der Waals surface area contributed by atoms with Crippen molar-refractivity contribution < 1.29 is 4.79 Å². The standard InChI is InChI=1S/C17H16O/c1-12-9-13(11-18)5-8-17(12)16-7-6-14-3-2-4-15(14)10-16/h5-11H,2-4H2,1H3. The van der Waals surface area contributed by atoms with Crippen molar-refractivity contribution in [3.63, 3.8) is 0 Å². The van der Waals surface area contributed by atoms with Crippen molar-refractivity contribution in [1.29, 1.82) is 0 Å². The van der Waals surface area contributed by atoms with Crippen LogP contribution in [0.3, 0.4) is 0 Å². The molecule has 0 atom stereocenters. The highest BCUT2D eigenvalue weighted by atomic mass is 16.1. The van der Waals surface area contributed by atoms with Gasteiger partial charge in [0.25, 0.3) is 0 Å². The topological polar surface area (TPSA) is 17.1 Å². The second-order valence-electron chi connectivity index (χ2n) is 5.03. The largest absolute Gasteiger partial charge is 0.298 e. The SMILES string of the molecule is Cc1cc(C=O)ccc1-c1ccc2c(c1)CCC2. The summed E-state index contributed by atoms with van der Waals surface area (Å²) in [5.74, 6) is 0. The van der Waals surface area contributed by atoms with E-state index in [0.29, 0.717) is 0 Å². The Hall–Kier alpha value is -1.89. The van der Waals surface area contributed by atoms with Gasteiger partial charge in [-0.25, -0.2) is 0 Å². The average Bonchev–Trinajstić information content (AvgIpc) is 2.85. The molecule has 0 aliphatic heterocycles. The molecule has 2 aromatic rings. The zero-order valence-electron chi connectivity index (χ0n) is 10.6. The van der Waals surface area contributed by atoms with Gasteiger partial charge in [-0.3, -0.25) is 4.79 Å². The number of fused-ring (bicyclic) bond motifs is 1. The molecule has 0 fully saturated rings. The summed E-state index contributed by atoms with van der Waals surface area (Å²) < 4.78 is 0. The quantitative estimate of drug-likeness (QED) is 0.721. The molecule has 0 radical (unpaired) electrons. The summed E-state index contributed by atoms with van der Waals surface area (Å²) >= 11 is 0. The molecule has 2 aromatic carbocycles. The van der Waals surface area contributed by atoms with Crippen molar-refractivity contribution in [2.24, 2.45) is 0 Å². The molecule has 0 aromatic heterocycles. The van der Waals surface area contributed by atoms with Crippen molar-refractivity contribution in [3.05, 3.63) is 58.7 Å². The van der Waals surface area contributed by atoms with E-state index in [4.69, 9.17) is 0 Å². The Labute approximate surface area is 107 Å². The molecule has 1 aliphatic rings. The molecular formula is C17H16O. The van der Waals surface area contributed by atoms with Crippen LogP contribution in [0.2, 0.25) is 0 Å². The Morgan fingerprint density at radius 3 is 2.61 bits per heavy atom. The van der Waals surface area contributed by atoms with Crippen LogP contribution in [0.1, 0.15) is 33.5 Å². The lowest BCUT2D eigenvalue weighted by atomic mass is 9.96. The summed E-state index contributed by atoms with van der Waals surface area (Å²) in [7, 11) is 0. The summed E-state index contributed by atoms with van der Waals surface area (Å²) in [6.45, 7) is 2.07. The van der Waals surface area contributed by atoms with Gasteiger partial charge in [-0.15, -0.1) is 0 Å². The summed E-state index contributed by atoms with van der Waals surface area (Å²) in [6, 6.07) is 12.7. The fourth-order valence-electron chi connectivity index (χ4n) is 2.82. The third-order valence-corrected chi connectivity index (χ3v) is 3.80. The lowest BCUT2D eigenvalue weighted by Crippen LogP contribution is -1.89. The van der Waals surface area contributed by atoms with Crippen LogP contribution in [0.25, 0.3) is 11.1 Å². The Morgan fingerprint density at radius 2 is 1.83 bits per heavy atom. The van der Waals surface area contributed by atoms with Crippen molar-refractivity contribution in [3.8, 4) is 11.1 Å². The molecule has 18 heavy (non-hydrogen) atoms. The van der Waals surface area contributed by atoms with Crippen LogP contribution in [-0.4, -0.2) is 6.29 Å². The maximum atomic E-state index is 10.8. The minimum absolute atomic E-state index is 0.748. The maximum Gasteiger partial charge on any atom is 0.150 e.